The largest absolute Gasteiger partial charge is 0.451 e. The first-order chi connectivity index (χ1) is 13.7. The fraction of sp³-hybridized carbons (Fsp3) is 0.150. The summed E-state index contributed by atoms with van der Waals surface area (Å²) in [7, 11) is 1.49. The fourth-order valence-corrected chi connectivity index (χ4v) is 3.93. The molecule has 0 saturated carbocycles. The molecule has 0 radical (unpaired) electrons. The summed E-state index contributed by atoms with van der Waals surface area (Å²) in [5.41, 5.74) is 1.25. The van der Waals surface area contributed by atoms with Gasteiger partial charge in [0.15, 0.2) is 6.61 Å². The number of nitrogens with zero attached hydrogens (tertiary/aromatic N) is 2. The number of aromatic nitrogens is 2. The Morgan fingerprint density at radius 1 is 1.11 bits per heavy atom. The van der Waals surface area contributed by atoms with Crippen LogP contribution in [0.5, 0.6) is 0 Å². The van der Waals surface area contributed by atoms with Crippen LogP contribution in [0.25, 0.3) is 21.5 Å². The van der Waals surface area contributed by atoms with Crippen molar-refractivity contribution in [3.63, 3.8) is 0 Å². The van der Waals surface area contributed by atoms with Gasteiger partial charge in [0.25, 0.3) is 5.89 Å². The second-order valence-electron chi connectivity index (χ2n) is 5.90. The van der Waals surface area contributed by atoms with Gasteiger partial charge in [-0.1, -0.05) is 24.3 Å². The van der Waals surface area contributed by atoms with Crippen LogP contribution < -0.4 is 0 Å². The van der Waals surface area contributed by atoms with E-state index in [0.29, 0.717) is 26.4 Å². The number of thiophene rings is 1. The zero-order chi connectivity index (χ0) is 19.5. The lowest BCUT2D eigenvalue weighted by Crippen LogP contribution is -2.06. The standard InChI is InChI=1S/C20H15FN2O4S/c1-25-10-13-17-14(21)8-5-9-15(17)28-18(13)20(24)26-11-16-22-23-19(27-16)12-6-3-2-4-7-12/h2-9H,10-11H2,1H3. The number of ether oxygens (including phenoxy) is 2. The van der Waals surface area contributed by atoms with Crippen molar-refractivity contribution in [1.29, 1.82) is 0 Å². The van der Waals surface area contributed by atoms with Crippen LogP contribution in [0.2, 0.25) is 0 Å². The van der Waals surface area contributed by atoms with Crippen LogP contribution in [-0.4, -0.2) is 23.3 Å². The Kier molecular flexibility index (Phi) is 5.14. The average molecular weight is 398 g/mol. The maximum Gasteiger partial charge on any atom is 0.349 e. The van der Waals surface area contributed by atoms with Gasteiger partial charge in [-0.05, 0) is 24.3 Å². The summed E-state index contributed by atoms with van der Waals surface area (Å²) in [5.74, 6) is -0.472. The van der Waals surface area contributed by atoms with Gasteiger partial charge in [-0.15, -0.1) is 21.5 Å². The smallest absolute Gasteiger partial charge is 0.349 e. The highest BCUT2D eigenvalue weighted by Gasteiger charge is 2.22. The van der Waals surface area contributed by atoms with Crippen molar-refractivity contribution in [1.82, 2.24) is 10.2 Å². The third-order valence-electron chi connectivity index (χ3n) is 4.05. The van der Waals surface area contributed by atoms with Crippen molar-refractivity contribution in [2.45, 2.75) is 13.2 Å². The zero-order valence-electron chi connectivity index (χ0n) is 14.8. The summed E-state index contributed by atoms with van der Waals surface area (Å²) in [6.45, 7) is -0.0775. The van der Waals surface area contributed by atoms with E-state index in [4.69, 9.17) is 13.9 Å². The average Bonchev–Trinajstić information content (AvgIpc) is 3.33. The Balaban J connectivity index is 1.54. The van der Waals surface area contributed by atoms with Gasteiger partial charge < -0.3 is 13.9 Å². The lowest BCUT2D eigenvalue weighted by molar-refractivity contribution is 0.0440. The van der Waals surface area contributed by atoms with Crippen LogP contribution in [0.15, 0.2) is 52.9 Å². The van der Waals surface area contributed by atoms with Gasteiger partial charge in [-0.25, -0.2) is 9.18 Å². The van der Waals surface area contributed by atoms with Gasteiger partial charge in [0.2, 0.25) is 5.89 Å². The lowest BCUT2D eigenvalue weighted by atomic mass is 10.1. The summed E-state index contributed by atoms with van der Waals surface area (Å²) >= 11 is 1.16. The van der Waals surface area contributed by atoms with Crippen molar-refractivity contribution in [3.8, 4) is 11.5 Å². The summed E-state index contributed by atoms with van der Waals surface area (Å²) < 4.78 is 30.9. The van der Waals surface area contributed by atoms with Crippen LogP contribution >= 0.6 is 11.3 Å². The zero-order valence-corrected chi connectivity index (χ0v) is 15.7. The minimum Gasteiger partial charge on any atom is -0.451 e. The Hall–Kier alpha value is -3.10. The van der Waals surface area contributed by atoms with Crippen molar-refractivity contribution in [2.75, 3.05) is 7.11 Å². The molecular formula is C20H15FN2O4S. The highest BCUT2D eigenvalue weighted by molar-refractivity contribution is 7.21. The molecule has 0 amide bonds. The molecule has 0 aliphatic heterocycles. The molecule has 0 saturated heterocycles. The molecule has 6 nitrogen and oxygen atoms in total. The van der Waals surface area contributed by atoms with Gasteiger partial charge in [-0.2, -0.15) is 0 Å². The molecule has 8 heteroatoms. The van der Waals surface area contributed by atoms with Gasteiger partial charge in [0.1, 0.15) is 10.7 Å². The molecule has 0 N–H and O–H groups in total. The molecule has 0 aliphatic rings. The highest BCUT2D eigenvalue weighted by atomic mass is 32.1. The number of carbonyl (C=O) groups excluding carboxylic acids is 1. The molecule has 2 aromatic heterocycles. The van der Waals surface area contributed by atoms with E-state index in [0.717, 1.165) is 16.9 Å². The van der Waals surface area contributed by atoms with Crippen molar-refractivity contribution >= 4 is 27.4 Å². The fourth-order valence-electron chi connectivity index (χ4n) is 2.82. The second kappa shape index (κ2) is 7.87. The van der Waals surface area contributed by atoms with Gasteiger partial charge in [-0.3, -0.25) is 0 Å². The third kappa shape index (κ3) is 3.51. The van der Waals surface area contributed by atoms with Crippen LogP contribution in [0.3, 0.4) is 0 Å². The van der Waals surface area contributed by atoms with Gasteiger partial charge in [0, 0.05) is 28.3 Å². The van der Waals surface area contributed by atoms with Crippen molar-refractivity contribution in [2.24, 2.45) is 0 Å². The van der Waals surface area contributed by atoms with E-state index in [1.165, 1.54) is 13.2 Å². The number of rotatable bonds is 6. The molecular weight excluding hydrogens is 383 g/mol. The van der Waals surface area contributed by atoms with E-state index < -0.39 is 11.8 Å². The monoisotopic (exact) mass is 398 g/mol. The second-order valence-corrected chi connectivity index (χ2v) is 6.95. The first-order valence-electron chi connectivity index (χ1n) is 8.41. The van der Waals surface area contributed by atoms with E-state index in [1.54, 1.807) is 12.1 Å². The minimum absolute atomic E-state index is 0.101. The van der Waals surface area contributed by atoms with Gasteiger partial charge in [0.05, 0.1) is 6.61 Å². The van der Waals surface area contributed by atoms with E-state index in [1.807, 2.05) is 30.3 Å². The molecule has 28 heavy (non-hydrogen) atoms. The van der Waals surface area contributed by atoms with Crippen LogP contribution in [0.4, 0.5) is 4.39 Å². The molecule has 4 rings (SSSR count). The van der Waals surface area contributed by atoms with E-state index >= 15 is 0 Å². The first kappa shape index (κ1) is 18.3. The molecule has 0 aliphatic carbocycles. The van der Waals surface area contributed by atoms with E-state index in [-0.39, 0.29) is 19.1 Å². The van der Waals surface area contributed by atoms with Crippen LogP contribution in [0.1, 0.15) is 21.1 Å². The SMILES string of the molecule is COCc1c(C(=O)OCc2nnc(-c3ccccc3)o2)sc2cccc(F)c12. The number of halogens is 1. The van der Waals surface area contributed by atoms with E-state index in [2.05, 4.69) is 10.2 Å². The molecule has 0 fully saturated rings. The molecule has 142 valence electrons. The maximum atomic E-state index is 14.2. The van der Waals surface area contributed by atoms with E-state index in [9.17, 15) is 9.18 Å². The normalized spacial score (nSPS) is 11.1. The number of fused-ring (bicyclic) bond motifs is 1. The van der Waals surface area contributed by atoms with Crippen molar-refractivity contribution < 1.29 is 23.1 Å². The summed E-state index contributed by atoms with van der Waals surface area (Å²) in [6, 6.07) is 14.0. The Morgan fingerprint density at radius 3 is 2.71 bits per heavy atom. The first-order valence-corrected chi connectivity index (χ1v) is 9.22. The molecule has 0 atom stereocenters. The molecule has 0 unspecified atom stereocenters. The Labute approximate surface area is 163 Å². The van der Waals surface area contributed by atoms with Crippen LogP contribution in [0, 0.1) is 5.82 Å². The molecule has 2 heterocycles. The Bertz CT molecular complexity index is 1120. The van der Waals surface area contributed by atoms with Crippen LogP contribution in [-0.2, 0) is 22.7 Å². The molecule has 0 bridgehead atoms. The Morgan fingerprint density at radius 2 is 1.93 bits per heavy atom. The number of methoxy groups -OCH3 is 1. The summed E-state index contributed by atoms with van der Waals surface area (Å²) in [5, 5.41) is 8.23. The predicted molar refractivity (Wildman–Crippen MR) is 101 cm³/mol. The number of benzene rings is 2. The highest BCUT2D eigenvalue weighted by Crippen LogP contribution is 2.34. The number of hydrogen-bond donors (Lipinski definition) is 0. The lowest BCUT2D eigenvalue weighted by Gasteiger charge is -2.04. The number of esters is 1. The topological polar surface area (TPSA) is 74.5 Å². The summed E-state index contributed by atoms with van der Waals surface area (Å²) in [6.07, 6.45) is 0. The van der Waals surface area contributed by atoms with Crippen molar-refractivity contribution in [3.05, 3.63) is 70.7 Å². The molecule has 2 aromatic carbocycles. The quantitative estimate of drug-likeness (QED) is 0.442. The third-order valence-corrected chi connectivity index (χ3v) is 5.23. The number of carbonyl (C=O) groups is 1. The maximum absolute atomic E-state index is 14.2. The molecule has 4 aromatic rings. The van der Waals surface area contributed by atoms with Gasteiger partial charge >= 0.3 is 5.97 Å². The molecule has 0 spiro atoms. The predicted octanol–water partition coefficient (Wildman–Crippen LogP) is 4.59. The summed E-state index contributed by atoms with van der Waals surface area (Å²) in [4.78, 5) is 12.9. The minimum atomic E-state index is -0.591. The number of hydrogen-bond acceptors (Lipinski definition) is 7.